The van der Waals surface area contributed by atoms with E-state index in [4.69, 9.17) is 4.74 Å². The molecule has 130 valence electrons. The zero-order chi connectivity index (χ0) is 18.4. The summed E-state index contributed by atoms with van der Waals surface area (Å²) in [6.07, 6.45) is 0. The minimum Gasteiger partial charge on any atom is -0.465 e. The number of methoxy groups -OCH3 is 2. The van der Waals surface area contributed by atoms with E-state index in [1.54, 1.807) is 12.1 Å². The van der Waals surface area contributed by atoms with Gasteiger partial charge in [0.25, 0.3) is 0 Å². The number of anilines is 2. The molecule has 0 unspecified atom stereocenters. The molecular weight excluding hydrogens is 324 g/mol. The number of esters is 2. The number of benzene rings is 2. The van der Waals surface area contributed by atoms with Gasteiger partial charge in [-0.15, -0.1) is 0 Å². The molecule has 25 heavy (non-hydrogen) atoms. The van der Waals surface area contributed by atoms with Gasteiger partial charge in [-0.2, -0.15) is 0 Å². The highest BCUT2D eigenvalue weighted by atomic mass is 16.5. The quantitative estimate of drug-likeness (QED) is 0.832. The van der Waals surface area contributed by atoms with Gasteiger partial charge in [0.1, 0.15) is 0 Å². The summed E-state index contributed by atoms with van der Waals surface area (Å²) in [6, 6.07) is 10.8. The number of amides is 2. The predicted molar refractivity (Wildman–Crippen MR) is 92.9 cm³/mol. The van der Waals surface area contributed by atoms with Crippen molar-refractivity contribution in [2.24, 2.45) is 0 Å². The Morgan fingerprint density at radius 3 is 2.24 bits per heavy atom. The number of carbonyl (C=O) groups is 3. The first-order valence-corrected chi connectivity index (χ1v) is 7.40. The van der Waals surface area contributed by atoms with Crippen LogP contribution in [0.4, 0.5) is 16.2 Å². The Balaban J connectivity index is 2.27. The van der Waals surface area contributed by atoms with E-state index in [0.717, 1.165) is 5.56 Å². The standard InChI is InChI=1S/C18H18N2O5/c1-11-5-4-6-13(9-11)19-18(23)20-15-10-12(16(21)24-2)7-8-14(15)17(22)25-3/h4-10H,1-3H3,(H2,19,20,23). The van der Waals surface area contributed by atoms with E-state index >= 15 is 0 Å². The van der Waals surface area contributed by atoms with Gasteiger partial charge >= 0.3 is 18.0 Å². The van der Waals surface area contributed by atoms with Gasteiger partial charge in [-0.05, 0) is 42.8 Å². The molecule has 7 heteroatoms. The minimum absolute atomic E-state index is 0.120. The van der Waals surface area contributed by atoms with Crippen LogP contribution in [0.2, 0.25) is 0 Å². The zero-order valence-electron chi connectivity index (χ0n) is 14.1. The highest BCUT2D eigenvalue weighted by molar-refractivity contribution is 6.06. The second-order valence-corrected chi connectivity index (χ2v) is 5.19. The van der Waals surface area contributed by atoms with Crippen LogP contribution in [0.5, 0.6) is 0 Å². The van der Waals surface area contributed by atoms with Crippen molar-refractivity contribution in [3.8, 4) is 0 Å². The number of hydrogen-bond acceptors (Lipinski definition) is 5. The van der Waals surface area contributed by atoms with Gasteiger partial charge in [-0.1, -0.05) is 12.1 Å². The molecule has 7 nitrogen and oxygen atoms in total. The topological polar surface area (TPSA) is 93.7 Å². The molecule has 0 aromatic heterocycles. The van der Waals surface area contributed by atoms with Gasteiger partial charge in [-0.25, -0.2) is 14.4 Å². The number of urea groups is 1. The van der Waals surface area contributed by atoms with Crippen molar-refractivity contribution in [1.82, 2.24) is 0 Å². The summed E-state index contributed by atoms with van der Waals surface area (Å²) in [4.78, 5) is 35.7. The lowest BCUT2D eigenvalue weighted by Crippen LogP contribution is -2.21. The summed E-state index contributed by atoms with van der Waals surface area (Å²) in [5, 5.41) is 5.21. The monoisotopic (exact) mass is 342 g/mol. The van der Waals surface area contributed by atoms with E-state index in [1.165, 1.54) is 32.4 Å². The third kappa shape index (κ3) is 4.57. The first kappa shape index (κ1) is 18.0. The Morgan fingerprint density at radius 2 is 1.60 bits per heavy atom. The molecule has 0 spiro atoms. The number of aryl methyl sites for hydroxylation is 1. The molecule has 0 aliphatic carbocycles. The summed E-state index contributed by atoms with van der Waals surface area (Å²) in [5.41, 5.74) is 2.04. The molecule has 0 aliphatic rings. The van der Waals surface area contributed by atoms with Crippen LogP contribution in [0.15, 0.2) is 42.5 Å². The molecule has 2 rings (SSSR count). The van der Waals surface area contributed by atoms with E-state index in [9.17, 15) is 14.4 Å². The van der Waals surface area contributed by atoms with Crippen LogP contribution >= 0.6 is 0 Å². The maximum atomic E-state index is 12.2. The lowest BCUT2D eigenvalue weighted by molar-refractivity contribution is 0.0587. The van der Waals surface area contributed by atoms with E-state index in [1.807, 2.05) is 19.1 Å². The van der Waals surface area contributed by atoms with E-state index in [0.29, 0.717) is 5.69 Å². The summed E-state index contributed by atoms with van der Waals surface area (Å²) in [6.45, 7) is 1.90. The molecule has 0 atom stereocenters. The van der Waals surface area contributed by atoms with Crippen LogP contribution in [0.3, 0.4) is 0 Å². The lowest BCUT2D eigenvalue weighted by atomic mass is 10.1. The SMILES string of the molecule is COC(=O)c1ccc(C(=O)OC)c(NC(=O)Nc2cccc(C)c2)c1. The largest absolute Gasteiger partial charge is 0.465 e. The van der Waals surface area contributed by atoms with Crippen molar-refractivity contribution >= 4 is 29.3 Å². The average Bonchev–Trinajstić information content (AvgIpc) is 2.60. The van der Waals surface area contributed by atoms with Crippen molar-refractivity contribution in [2.75, 3.05) is 24.9 Å². The number of carbonyl (C=O) groups excluding carboxylic acids is 3. The third-order valence-electron chi connectivity index (χ3n) is 3.37. The fraction of sp³-hybridized carbons (Fsp3) is 0.167. The molecule has 0 aliphatic heterocycles. The van der Waals surface area contributed by atoms with Crippen LogP contribution in [-0.4, -0.2) is 32.2 Å². The number of ether oxygens (including phenoxy) is 2. The Morgan fingerprint density at radius 1 is 0.880 bits per heavy atom. The predicted octanol–water partition coefficient (Wildman–Crippen LogP) is 3.21. The number of nitrogens with one attached hydrogen (secondary N) is 2. The number of hydrogen-bond donors (Lipinski definition) is 2. The fourth-order valence-corrected chi connectivity index (χ4v) is 2.19. The molecule has 0 saturated heterocycles. The molecule has 2 aromatic carbocycles. The molecular formula is C18H18N2O5. The Bertz CT molecular complexity index is 817. The molecule has 2 amide bonds. The van der Waals surface area contributed by atoms with Crippen LogP contribution in [0.1, 0.15) is 26.3 Å². The van der Waals surface area contributed by atoms with Crippen molar-refractivity contribution in [2.45, 2.75) is 6.92 Å². The maximum absolute atomic E-state index is 12.2. The first-order valence-electron chi connectivity index (χ1n) is 7.40. The summed E-state index contributed by atoms with van der Waals surface area (Å²) < 4.78 is 9.34. The molecule has 0 saturated carbocycles. The van der Waals surface area contributed by atoms with Crippen LogP contribution in [-0.2, 0) is 9.47 Å². The van der Waals surface area contributed by atoms with Gasteiger partial charge in [0, 0.05) is 5.69 Å². The van der Waals surface area contributed by atoms with Gasteiger partial charge in [0.15, 0.2) is 0 Å². The van der Waals surface area contributed by atoms with Crippen molar-refractivity contribution in [3.63, 3.8) is 0 Å². The van der Waals surface area contributed by atoms with Crippen LogP contribution in [0, 0.1) is 6.92 Å². The molecule has 2 aromatic rings. The highest BCUT2D eigenvalue weighted by Crippen LogP contribution is 2.20. The van der Waals surface area contributed by atoms with E-state index < -0.39 is 18.0 Å². The Labute approximate surface area is 144 Å². The van der Waals surface area contributed by atoms with Crippen molar-refractivity contribution in [3.05, 3.63) is 59.2 Å². The highest BCUT2D eigenvalue weighted by Gasteiger charge is 2.17. The molecule has 0 bridgehead atoms. The Kier molecular flexibility index (Phi) is 5.73. The molecule has 0 heterocycles. The van der Waals surface area contributed by atoms with E-state index in [-0.39, 0.29) is 16.8 Å². The average molecular weight is 342 g/mol. The van der Waals surface area contributed by atoms with Crippen LogP contribution in [0.25, 0.3) is 0 Å². The zero-order valence-corrected chi connectivity index (χ0v) is 14.1. The molecule has 0 radical (unpaired) electrons. The second-order valence-electron chi connectivity index (χ2n) is 5.19. The second kappa shape index (κ2) is 7.96. The summed E-state index contributed by atoms with van der Waals surface area (Å²) in [7, 11) is 2.47. The fourth-order valence-electron chi connectivity index (χ4n) is 2.19. The number of rotatable bonds is 4. The van der Waals surface area contributed by atoms with Crippen LogP contribution < -0.4 is 10.6 Å². The van der Waals surface area contributed by atoms with Gasteiger partial charge in [-0.3, -0.25) is 0 Å². The van der Waals surface area contributed by atoms with Crippen molar-refractivity contribution in [1.29, 1.82) is 0 Å². The van der Waals surface area contributed by atoms with Gasteiger partial charge in [0.2, 0.25) is 0 Å². The van der Waals surface area contributed by atoms with Gasteiger partial charge < -0.3 is 20.1 Å². The smallest absolute Gasteiger partial charge is 0.339 e. The minimum atomic E-state index is -0.637. The molecule has 2 N–H and O–H groups in total. The van der Waals surface area contributed by atoms with Gasteiger partial charge in [0.05, 0.1) is 31.0 Å². The first-order chi connectivity index (χ1) is 11.9. The summed E-state index contributed by atoms with van der Waals surface area (Å²) >= 11 is 0. The van der Waals surface area contributed by atoms with E-state index in [2.05, 4.69) is 15.4 Å². The Hall–Kier alpha value is -3.35. The third-order valence-corrected chi connectivity index (χ3v) is 3.37. The van der Waals surface area contributed by atoms with Crippen molar-refractivity contribution < 1.29 is 23.9 Å². The molecule has 0 fully saturated rings. The summed E-state index contributed by atoms with van der Waals surface area (Å²) in [5.74, 6) is -1.22. The lowest BCUT2D eigenvalue weighted by Gasteiger charge is -2.12. The normalized spacial score (nSPS) is 9.88. The maximum Gasteiger partial charge on any atom is 0.339 e.